The molecular formula is C19H23ClN5O7P. The standard InChI is InChI=1S/C19H23ClN5O7P/c1-10(11-5-3-2-4-6-11)22-16-12-7-21-25(17(12)24-19(20)23-16)18-15(27)14(26)13(32-18)8-31-9-33(28,29)30/h2-7,10,13-15,18,26-27H,8-9H2,1H3,(H,22,23,24)(H2,28,29,30)/t10-,13+,14+,15+,18+/m0/s1. The molecule has 0 spiro atoms. The number of ether oxygens (including phenoxy) is 2. The fourth-order valence-corrected chi connectivity index (χ4v) is 4.09. The Kier molecular flexibility index (Phi) is 6.99. The highest BCUT2D eigenvalue weighted by Gasteiger charge is 2.45. The quantitative estimate of drug-likeness (QED) is 0.224. The first kappa shape index (κ1) is 24.0. The van der Waals surface area contributed by atoms with Crippen LogP contribution < -0.4 is 5.32 Å². The molecule has 5 atom stereocenters. The highest BCUT2D eigenvalue weighted by atomic mass is 35.5. The van der Waals surface area contributed by atoms with Crippen molar-refractivity contribution >= 4 is 36.0 Å². The Morgan fingerprint density at radius 2 is 1.97 bits per heavy atom. The zero-order valence-electron chi connectivity index (χ0n) is 17.4. The molecule has 1 aromatic carbocycles. The van der Waals surface area contributed by atoms with Gasteiger partial charge in [-0.1, -0.05) is 30.3 Å². The highest BCUT2D eigenvalue weighted by molar-refractivity contribution is 7.51. The van der Waals surface area contributed by atoms with Crippen molar-refractivity contribution in [1.29, 1.82) is 0 Å². The van der Waals surface area contributed by atoms with E-state index in [2.05, 4.69) is 20.4 Å². The molecular weight excluding hydrogens is 477 g/mol. The molecule has 0 saturated carbocycles. The maximum absolute atomic E-state index is 10.9. The highest BCUT2D eigenvalue weighted by Crippen LogP contribution is 2.36. The van der Waals surface area contributed by atoms with Crippen LogP contribution in [0.4, 0.5) is 5.82 Å². The summed E-state index contributed by atoms with van der Waals surface area (Å²) in [4.78, 5) is 26.3. The van der Waals surface area contributed by atoms with Gasteiger partial charge in [0.15, 0.2) is 11.9 Å². The third-order valence-corrected chi connectivity index (χ3v) is 5.89. The van der Waals surface area contributed by atoms with Crippen LogP contribution in [0.2, 0.25) is 5.28 Å². The van der Waals surface area contributed by atoms with Gasteiger partial charge < -0.3 is 34.8 Å². The number of rotatable bonds is 8. The minimum absolute atomic E-state index is 0.0541. The molecule has 12 nitrogen and oxygen atoms in total. The van der Waals surface area contributed by atoms with E-state index in [1.807, 2.05) is 37.3 Å². The van der Waals surface area contributed by atoms with Crippen molar-refractivity contribution < 1.29 is 34.0 Å². The molecule has 2 aromatic heterocycles. The molecule has 0 radical (unpaired) electrons. The van der Waals surface area contributed by atoms with Crippen molar-refractivity contribution in [2.45, 2.75) is 37.5 Å². The molecule has 1 aliphatic heterocycles. The SMILES string of the molecule is C[C@H](Nc1nc(Cl)nc2c1cnn2[C@@H]1O[C@H](COCP(=O)(O)O)[C@@H](O)[C@H]1O)c1ccccc1. The third-order valence-electron chi connectivity index (χ3n) is 5.20. The van der Waals surface area contributed by atoms with Crippen molar-refractivity contribution in [3.05, 3.63) is 47.4 Å². The molecule has 178 valence electrons. The van der Waals surface area contributed by atoms with E-state index in [-0.39, 0.29) is 23.6 Å². The average molecular weight is 500 g/mol. The summed E-state index contributed by atoms with van der Waals surface area (Å²) in [5.41, 5.74) is 1.30. The van der Waals surface area contributed by atoms with Gasteiger partial charge in [-0.05, 0) is 24.1 Å². The number of nitrogens with zero attached hydrogens (tertiary/aromatic N) is 4. The van der Waals surface area contributed by atoms with Gasteiger partial charge in [0.25, 0.3) is 0 Å². The second-order valence-electron chi connectivity index (χ2n) is 7.66. The van der Waals surface area contributed by atoms with Gasteiger partial charge in [0.05, 0.1) is 18.2 Å². The summed E-state index contributed by atoms with van der Waals surface area (Å²) >= 11 is 6.14. The molecule has 0 amide bonds. The second kappa shape index (κ2) is 9.61. The van der Waals surface area contributed by atoms with Crippen molar-refractivity contribution in [2.75, 3.05) is 18.3 Å². The molecule has 0 aliphatic carbocycles. The fraction of sp³-hybridized carbons (Fsp3) is 0.421. The van der Waals surface area contributed by atoms with E-state index >= 15 is 0 Å². The Labute approximate surface area is 193 Å². The first-order valence-electron chi connectivity index (χ1n) is 10.00. The normalized spacial score (nSPS) is 24.3. The van der Waals surface area contributed by atoms with Crippen molar-refractivity contribution in [3.8, 4) is 0 Å². The van der Waals surface area contributed by atoms with E-state index in [9.17, 15) is 14.8 Å². The Balaban J connectivity index is 1.57. The van der Waals surface area contributed by atoms with Gasteiger partial charge in [-0.15, -0.1) is 0 Å². The smallest absolute Gasteiger partial charge is 0.350 e. The van der Waals surface area contributed by atoms with E-state index in [0.29, 0.717) is 11.2 Å². The first-order chi connectivity index (χ1) is 15.6. The van der Waals surface area contributed by atoms with Crippen LogP contribution in [0.15, 0.2) is 36.5 Å². The van der Waals surface area contributed by atoms with Gasteiger partial charge in [0.1, 0.15) is 30.5 Å². The molecule has 1 aliphatic rings. The van der Waals surface area contributed by atoms with Crippen molar-refractivity contribution in [3.63, 3.8) is 0 Å². The molecule has 4 rings (SSSR count). The first-order valence-corrected chi connectivity index (χ1v) is 12.2. The summed E-state index contributed by atoms with van der Waals surface area (Å²) in [6, 6.07) is 9.62. The lowest BCUT2D eigenvalue weighted by Crippen LogP contribution is -2.34. The van der Waals surface area contributed by atoms with Crippen LogP contribution in [0.3, 0.4) is 0 Å². The van der Waals surface area contributed by atoms with Crippen LogP contribution in [-0.2, 0) is 14.0 Å². The predicted octanol–water partition coefficient (Wildman–Crippen LogP) is 1.42. The number of halogens is 1. The van der Waals surface area contributed by atoms with E-state index in [1.165, 1.54) is 10.9 Å². The number of fused-ring (bicyclic) bond motifs is 1. The third kappa shape index (κ3) is 5.34. The lowest BCUT2D eigenvalue weighted by Gasteiger charge is -2.17. The molecule has 5 N–H and O–H groups in total. The van der Waals surface area contributed by atoms with Gasteiger partial charge in [-0.3, -0.25) is 4.57 Å². The monoisotopic (exact) mass is 499 g/mol. The van der Waals surface area contributed by atoms with Crippen LogP contribution in [-0.4, -0.2) is 71.0 Å². The number of nitrogens with one attached hydrogen (secondary N) is 1. The maximum atomic E-state index is 10.9. The van der Waals surface area contributed by atoms with Gasteiger partial charge in [-0.2, -0.15) is 15.1 Å². The summed E-state index contributed by atoms with van der Waals surface area (Å²) in [7, 11) is -4.38. The predicted molar refractivity (Wildman–Crippen MR) is 118 cm³/mol. The largest absolute Gasteiger partial charge is 0.387 e. The molecule has 3 aromatic rings. The number of benzene rings is 1. The molecule has 0 unspecified atom stereocenters. The Morgan fingerprint density at radius 1 is 1.24 bits per heavy atom. The topological polar surface area (TPSA) is 172 Å². The van der Waals surface area contributed by atoms with Crippen molar-refractivity contribution in [1.82, 2.24) is 19.7 Å². The lowest BCUT2D eigenvalue weighted by atomic mass is 10.1. The number of aliphatic hydroxyl groups excluding tert-OH is 2. The summed E-state index contributed by atoms with van der Waals surface area (Å²) in [5, 5.41) is 28.8. The van der Waals surface area contributed by atoms with Crippen LogP contribution in [0.5, 0.6) is 0 Å². The lowest BCUT2D eigenvalue weighted by molar-refractivity contribution is -0.0658. The van der Waals surface area contributed by atoms with E-state index < -0.39 is 38.5 Å². The fourth-order valence-electron chi connectivity index (χ4n) is 3.58. The molecule has 3 heterocycles. The zero-order valence-corrected chi connectivity index (χ0v) is 19.0. The number of hydrogen-bond donors (Lipinski definition) is 5. The minimum atomic E-state index is -4.38. The molecule has 1 fully saturated rings. The van der Waals surface area contributed by atoms with E-state index in [0.717, 1.165) is 5.56 Å². The summed E-state index contributed by atoms with van der Waals surface area (Å²) in [5.74, 6) is 0.433. The van der Waals surface area contributed by atoms with Gasteiger partial charge in [-0.25, -0.2) is 4.68 Å². The second-order valence-corrected chi connectivity index (χ2v) is 9.58. The Hall–Kier alpha value is -2.15. The van der Waals surface area contributed by atoms with Crippen molar-refractivity contribution in [2.24, 2.45) is 0 Å². The van der Waals surface area contributed by atoms with Crippen LogP contribution in [0.1, 0.15) is 24.8 Å². The molecule has 14 heteroatoms. The molecule has 33 heavy (non-hydrogen) atoms. The molecule has 1 saturated heterocycles. The molecule has 0 bridgehead atoms. The van der Waals surface area contributed by atoms with Crippen LogP contribution >= 0.6 is 19.2 Å². The van der Waals surface area contributed by atoms with Crippen LogP contribution in [0, 0.1) is 0 Å². The Morgan fingerprint density at radius 3 is 2.67 bits per heavy atom. The van der Waals surface area contributed by atoms with Gasteiger partial charge in [0.2, 0.25) is 5.28 Å². The summed E-state index contributed by atoms with van der Waals surface area (Å²) in [6.45, 7) is 1.63. The number of anilines is 1. The minimum Gasteiger partial charge on any atom is -0.387 e. The number of hydrogen-bond acceptors (Lipinski definition) is 9. The van der Waals surface area contributed by atoms with Gasteiger partial charge >= 0.3 is 7.60 Å². The van der Waals surface area contributed by atoms with Gasteiger partial charge in [0, 0.05) is 6.04 Å². The van der Waals surface area contributed by atoms with E-state index in [1.54, 1.807) is 0 Å². The van der Waals surface area contributed by atoms with E-state index in [4.69, 9.17) is 30.9 Å². The Bertz CT molecular complexity index is 1160. The number of aromatic nitrogens is 4. The zero-order chi connectivity index (χ0) is 23.8. The summed E-state index contributed by atoms with van der Waals surface area (Å²) in [6.07, 6.45) is -4.28. The number of aliphatic hydroxyl groups is 2. The summed E-state index contributed by atoms with van der Waals surface area (Å²) < 4.78 is 22.8. The van der Waals surface area contributed by atoms with Crippen LogP contribution in [0.25, 0.3) is 11.0 Å². The maximum Gasteiger partial charge on any atom is 0.350 e. The average Bonchev–Trinajstić information content (AvgIpc) is 3.29.